The van der Waals surface area contributed by atoms with E-state index in [1.165, 1.54) is 31.2 Å². The van der Waals surface area contributed by atoms with Gasteiger partial charge >= 0.3 is 0 Å². The van der Waals surface area contributed by atoms with Gasteiger partial charge in [0.05, 0.1) is 0 Å². The van der Waals surface area contributed by atoms with Crippen LogP contribution in [0.2, 0.25) is 5.02 Å². The standard InChI is InChI=1S/C12H14Cl/c1-9-6-7-11(13)8-12(9)10-4-2-3-5-10/h6-8,10H,1-5H2. The zero-order valence-corrected chi connectivity index (χ0v) is 8.48. The van der Waals surface area contributed by atoms with E-state index in [0.29, 0.717) is 5.92 Å². The number of hydrogen-bond acceptors (Lipinski definition) is 0. The van der Waals surface area contributed by atoms with E-state index < -0.39 is 0 Å². The lowest BCUT2D eigenvalue weighted by Gasteiger charge is -2.12. The van der Waals surface area contributed by atoms with Gasteiger partial charge in [0.1, 0.15) is 0 Å². The maximum atomic E-state index is 5.97. The Morgan fingerprint density at radius 3 is 2.62 bits per heavy atom. The first-order chi connectivity index (χ1) is 6.27. The summed E-state index contributed by atoms with van der Waals surface area (Å²) in [6.07, 6.45) is 5.33. The quantitative estimate of drug-likeness (QED) is 0.628. The molecule has 0 aliphatic heterocycles. The van der Waals surface area contributed by atoms with Crippen molar-refractivity contribution in [3.8, 4) is 0 Å². The summed E-state index contributed by atoms with van der Waals surface area (Å²) in [5.41, 5.74) is 2.52. The van der Waals surface area contributed by atoms with E-state index in [-0.39, 0.29) is 0 Å². The summed E-state index contributed by atoms with van der Waals surface area (Å²) < 4.78 is 0. The van der Waals surface area contributed by atoms with Crippen LogP contribution in [0.1, 0.15) is 42.7 Å². The maximum Gasteiger partial charge on any atom is 0.0409 e. The zero-order valence-electron chi connectivity index (χ0n) is 7.72. The Bertz CT molecular complexity index is 298. The highest BCUT2D eigenvalue weighted by Gasteiger charge is 2.18. The van der Waals surface area contributed by atoms with E-state index in [2.05, 4.69) is 13.0 Å². The smallest absolute Gasteiger partial charge is 0.0409 e. The van der Waals surface area contributed by atoms with E-state index in [1.54, 1.807) is 0 Å². The summed E-state index contributed by atoms with van der Waals surface area (Å²) in [5.74, 6) is 0.714. The van der Waals surface area contributed by atoms with Crippen molar-refractivity contribution in [3.63, 3.8) is 0 Å². The second-order valence-electron chi connectivity index (χ2n) is 3.82. The minimum Gasteiger partial charge on any atom is -0.0843 e. The molecule has 0 aromatic heterocycles. The summed E-state index contributed by atoms with van der Waals surface area (Å²) in [4.78, 5) is 0. The minimum absolute atomic E-state index is 0.714. The first kappa shape index (κ1) is 9.08. The van der Waals surface area contributed by atoms with Gasteiger partial charge in [0.25, 0.3) is 0 Å². The van der Waals surface area contributed by atoms with E-state index >= 15 is 0 Å². The molecule has 0 N–H and O–H groups in total. The van der Waals surface area contributed by atoms with Crippen molar-refractivity contribution in [3.05, 3.63) is 41.3 Å². The van der Waals surface area contributed by atoms with Crippen LogP contribution in [-0.4, -0.2) is 0 Å². The molecule has 1 heteroatoms. The van der Waals surface area contributed by atoms with Gasteiger partial charge in [-0.05, 0) is 48.9 Å². The van der Waals surface area contributed by atoms with Crippen molar-refractivity contribution in [1.29, 1.82) is 0 Å². The topological polar surface area (TPSA) is 0 Å². The van der Waals surface area contributed by atoms with E-state index in [0.717, 1.165) is 10.6 Å². The monoisotopic (exact) mass is 193 g/mol. The molecule has 1 aromatic rings. The van der Waals surface area contributed by atoms with Gasteiger partial charge in [0, 0.05) is 5.02 Å². The second kappa shape index (κ2) is 3.71. The average molecular weight is 194 g/mol. The SMILES string of the molecule is [CH2]c1ccc(Cl)cc1C1CCCC1. The lowest BCUT2D eigenvalue weighted by atomic mass is 9.94. The first-order valence-corrected chi connectivity index (χ1v) is 5.26. The van der Waals surface area contributed by atoms with Gasteiger partial charge in [0.2, 0.25) is 0 Å². The van der Waals surface area contributed by atoms with Crippen molar-refractivity contribution < 1.29 is 0 Å². The normalized spacial score (nSPS) is 18.0. The third-order valence-electron chi connectivity index (χ3n) is 2.90. The summed E-state index contributed by atoms with van der Waals surface area (Å²) in [7, 11) is 0. The molecule has 0 saturated heterocycles. The molecule has 0 bridgehead atoms. The Morgan fingerprint density at radius 1 is 1.23 bits per heavy atom. The van der Waals surface area contributed by atoms with Gasteiger partial charge in [-0.3, -0.25) is 0 Å². The number of benzene rings is 1. The molecular weight excluding hydrogens is 180 g/mol. The Morgan fingerprint density at radius 2 is 1.92 bits per heavy atom. The van der Waals surface area contributed by atoms with Gasteiger partial charge < -0.3 is 0 Å². The molecule has 13 heavy (non-hydrogen) atoms. The molecule has 2 rings (SSSR count). The molecule has 69 valence electrons. The van der Waals surface area contributed by atoms with Crippen molar-refractivity contribution in [1.82, 2.24) is 0 Å². The van der Waals surface area contributed by atoms with Crippen LogP contribution >= 0.6 is 11.6 Å². The van der Waals surface area contributed by atoms with Crippen LogP contribution in [0.3, 0.4) is 0 Å². The van der Waals surface area contributed by atoms with E-state index in [9.17, 15) is 0 Å². The Labute approximate surface area is 84.9 Å². The fraction of sp³-hybridized carbons (Fsp3) is 0.417. The van der Waals surface area contributed by atoms with Crippen molar-refractivity contribution in [2.24, 2.45) is 0 Å². The number of rotatable bonds is 1. The van der Waals surface area contributed by atoms with Gasteiger partial charge in [-0.15, -0.1) is 0 Å². The second-order valence-corrected chi connectivity index (χ2v) is 4.26. The highest BCUT2D eigenvalue weighted by molar-refractivity contribution is 6.30. The lowest BCUT2D eigenvalue weighted by molar-refractivity contribution is 0.720. The molecule has 1 aliphatic rings. The van der Waals surface area contributed by atoms with E-state index in [1.807, 2.05) is 12.1 Å². The van der Waals surface area contributed by atoms with E-state index in [4.69, 9.17) is 11.6 Å². The maximum absolute atomic E-state index is 5.97. The molecule has 0 nitrogen and oxygen atoms in total. The first-order valence-electron chi connectivity index (χ1n) is 4.89. The van der Waals surface area contributed by atoms with Crippen LogP contribution in [0.15, 0.2) is 18.2 Å². The molecule has 1 radical (unpaired) electrons. The largest absolute Gasteiger partial charge is 0.0843 e. The third-order valence-corrected chi connectivity index (χ3v) is 3.14. The van der Waals surface area contributed by atoms with Crippen LogP contribution in [0.5, 0.6) is 0 Å². The summed E-state index contributed by atoms with van der Waals surface area (Å²) in [5, 5.41) is 0.842. The van der Waals surface area contributed by atoms with Crippen LogP contribution < -0.4 is 0 Å². The van der Waals surface area contributed by atoms with Crippen molar-refractivity contribution in [2.75, 3.05) is 0 Å². The highest BCUT2D eigenvalue weighted by Crippen LogP contribution is 2.36. The number of hydrogen-bond donors (Lipinski definition) is 0. The summed E-state index contributed by atoms with van der Waals surface area (Å²) >= 11 is 5.97. The molecule has 1 fully saturated rings. The molecule has 0 unspecified atom stereocenters. The Balaban J connectivity index is 2.32. The minimum atomic E-state index is 0.714. The van der Waals surface area contributed by atoms with Crippen LogP contribution in [0.4, 0.5) is 0 Å². The van der Waals surface area contributed by atoms with Crippen LogP contribution in [0, 0.1) is 6.92 Å². The molecule has 0 amide bonds. The van der Waals surface area contributed by atoms with Gasteiger partial charge in [-0.2, -0.15) is 0 Å². The molecule has 1 saturated carbocycles. The lowest BCUT2D eigenvalue weighted by Crippen LogP contribution is -1.95. The fourth-order valence-electron chi connectivity index (χ4n) is 2.18. The predicted molar refractivity (Wildman–Crippen MR) is 57.1 cm³/mol. The predicted octanol–water partition coefficient (Wildman–Crippen LogP) is 4.18. The molecule has 0 spiro atoms. The number of halogens is 1. The zero-order chi connectivity index (χ0) is 9.26. The third kappa shape index (κ3) is 1.88. The van der Waals surface area contributed by atoms with Crippen LogP contribution in [0.25, 0.3) is 0 Å². The molecule has 0 atom stereocenters. The molecule has 1 aliphatic carbocycles. The summed E-state index contributed by atoms with van der Waals surface area (Å²) in [6.45, 7) is 4.05. The van der Waals surface area contributed by atoms with Gasteiger partial charge in [-0.1, -0.05) is 30.5 Å². The fourth-order valence-corrected chi connectivity index (χ4v) is 2.36. The molecule has 1 aromatic carbocycles. The van der Waals surface area contributed by atoms with Crippen molar-refractivity contribution in [2.45, 2.75) is 31.6 Å². The Hall–Kier alpha value is -0.490. The highest BCUT2D eigenvalue weighted by atomic mass is 35.5. The van der Waals surface area contributed by atoms with Crippen LogP contribution in [-0.2, 0) is 0 Å². The summed E-state index contributed by atoms with van der Waals surface area (Å²) in [6, 6.07) is 6.03. The average Bonchev–Trinajstić information content (AvgIpc) is 2.61. The Kier molecular flexibility index (Phi) is 2.59. The molecule has 0 heterocycles. The van der Waals surface area contributed by atoms with Crippen molar-refractivity contribution >= 4 is 11.6 Å². The van der Waals surface area contributed by atoms with Gasteiger partial charge in [0.15, 0.2) is 0 Å². The molecular formula is C12H14Cl. The van der Waals surface area contributed by atoms with Gasteiger partial charge in [-0.25, -0.2) is 0 Å².